The fraction of sp³-hybridized carbons (Fsp3) is 0.478. The molecule has 0 radical (unpaired) electrons. The second-order valence-electron chi connectivity index (χ2n) is 8.73. The van der Waals surface area contributed by atoms with E-state index >= 15 is 0 Å². The van der Waals surface area contributed by atoms with Crippen LogP contribution in [0, 0.1) is 6.92 Å². The molecule has 0 aliphatic rings. The molecule has 1 aromatic carbocycles. The Morgan fingerprint density at radius 3 is 2.52 bits per heavy atom. The third-order valence-corrected chi connectivity index (χ3v) is 7.53. The molecule has 8 heteroatoms. The molecule has 0 spiro atoms. The molecule has 1 heterocycles. The molecule has 0 N–H and O–H groups in total. The van der Waals surface area contributed by atoms with Crippen LogP contribution < -0.4 is 4.74 Å². The van der Waals surface area contributed by atoms with Gasteiger partial charge in [-0.05, 0) is 48.2 Å². The van der Waals surface area contributed by atoms with Crippen LogP contribution in [-0.2, 0) is 9.47 Å². The molecule has 0 unspecified atom stereocenters. The highest BCUT2D eigenvalue weighted by molar-refractivity contribution is 7.10. The summed E-state index contributed by atoms with van der Waals surface area (Å²) in [6, 6.07) is 10.3. The molecule has 0 saturated carbocycles. The summed E-state index contributed by atoms with van der Waals surface area (Å²) in [6.45, 7) is 9.60. The Morgan fingerprint density at radius 1 is 1.19 bits per heavy atom. The van der Waals surface area contributed by atoms with Crippen LogP contribution in [0.15, 0.2) is 35.7 Å². The van der Waals surface area contributed by atoms with Crippen LogP contribution in [0.4, 0.5) is 4.79 Å². The van der Waals surface area contributed by atoms with Gasteiger partial charge < -0.3 is 19.1 Å². The molecular formula is C23H33NO5SSi. The number of nitrogens with zero attached hydrogens (tertiary/aromatic N) is 1. The summed E-state index contributed by atoms with van der Waals surface area (Å²) >= 11 is 1.61. The van der Waals surface area contributed by atoms with Gasteiger partial charge in [0, 0.05) is 33.0 Å². The minimum Gasteiger partial charge on any atom is -0.485 e. The van der Waals surface area contributed by atoms with E-state index in [0.29, 0.717) is 30.9 Å². The third kappa shape index (κ3) is 8.03. The van der Waals surface area contributed by atoms with E-state index in [1.807, 2.05) is 30.5 Å². The van der Waals surface area contributed by atoms with E-state index in [2.05, 4.69) is 19.6 Å². The molecule has 1 amide bonds. The van der Waals surface area contributed by atoms with Gasteiger partial charge in [-0.25, -0.2) is 9.59 Å². The number of amides is 1. The van der Waals surface area contributed by atoms with E-state index in [9.17, 15) is 9.59 Å². The van der Waals surface area contributed by atoms with E-state index in [0.717, 1.165) is 16.5 Å². The number of esters is 1. The molecule has 2 rings (SSSR count). The highest BCUT2D eigenvalue weighted by atomic mass is 32.1. The lowest BCUT2D eigenvalue weighted by molar-refractivity contribution is 0.0599. The number of benzene rings is 1. The zero-order valence-corrected chi connectivity index (χ0v) is 21.1. The molecule has 0 aliphatic carbocycles. The van der Waals surface area contributed by atoms with Crippen molar-refractivity contribution in [3.8, 4) is 5.75 Å². The van der Waals surface area contributed by atoms with Crippen LogP contribution in [0.3, 0.4) is 0 Å². The predicted molar refractivity (Wildman–Crippen MR) is 127 cm³/mol. The van der Waals surface area contributed by atoms with Crippen molar-refractivity contribution in [2.75, 3.05) is 27.3 Å². The van der Waals surface area contributed by atoms with Gasteiger partial charge in [0.25, 0.3) is 0 Å². The standard InChI is InChI=1S/C23H33NO5SSi/c1-17-16-18(9-10-19(17)22(25)27-3)29-20(21-8-7-14-30-21)11-12-24(2)23(26)28-13-15-31(4,5)6/h7-10,14,16,20H,11-13,15H2,1-6H3/t20-/m0/s1. The van der Waals surface area contributed by atoms with Crippen molar-refractivity contribution >= 4 is 31.5 Å². The Morgan fingerprint density at radius 2 is 1.94 bits per heavy atom. The van der Waals surface area contributed by atoms with Crippen molar-refractivity contribution in [3.63, 3.8) is 0 Å². The summed E-state index contributed by atoms with van der Waals surface area (Å²) in [5, 5.41) is 2.01. The van der Waals surface area contributed by atoms with Gasteiger partial charge >= 0.3 is 12.1 Å². The summed E-state index contributed by atoms with van der Waals surface area (Å²) < 4.78 is 16.5. The monoisotopic (exact) mass is 463 g/mol. The summed E-state index contributed by atoms with van der Waals surface area (Å²) in [5.41, 5.74) is 1.31. The Labute approximate surface area is 190 Å². The van der Waals surface area contributed by atoms with E-state index < -0.39 is 8.07 Å². The Hall–Kier alpha value is -2.32. The van der Waals surface area contributed by atoms with Crippen molar-refractivity contribution in [1.29, 1.82) is 0 Å². The van der Waals surface area contributed by atoms with Crippen LogP contribution in [-0.4, -0.2) is 52.3 Å². The molecule has 1 atom stereocenters. The summed E-state index contributed by atoms with van der Waals surface area (Å²) in [6.07, 6.45) is 0.111. The SMILES string of the molecule is COC(=O)c1ccc(O[C@@H](CCN(C)C(=O)OCC[Si](C)(C)C)c2cccs2)cc1C. The first-order chi connectivity index (χ1) is 14.6. The van der Waals surface area contributed by atoms with E-state index in [1.54, 1.807) is 35.4 Å². The first-order valence-corrected chi connectivity index (χ1v) is 15.0. The lowest BCUT2D eigenvalue weighted by atomic mass is 10.1. The molecule has 0 fully saturated rings. The minimum absolute atomic E-state index is 0.208. The van der Waals surface area contributed by atoms with Gasteiger partial charge in [-0.15, -0.1) is 11.3 Å². The zero-order valence-electron chi connectivity index (χ0n) is 19.3. The molecule has 2 aromatic rings. The number of ether oxygens (including phenoxy) is 3. The molecule has 1 aromatic heterocycles. The van der Waals surface area contributed by atoms with Crippen molar-refractivity contribution in [2.24, 2.45) is 0 Å². The van der Waals surface area contributed by atoms with E-state index in [1.165, 1.54) is 7.11 Å². The second kappa shape index (κ2) is 11.3. The minimum atomic E-state index is -1.24. The van der Waals surface area contributed by atoms with Crippen LogP contribution in [0.2, 0.25) is 25.7 Å². The average Bonchev–Trinajstić information content (AvgIpc) is 3.24. The van der Waals surface area contributed by atoms with Crippen LogP contribution in [0.5, 0.6) is 5.75 Å². The maximum atomic E-state index is 12.3. The number of rotatable bonds is 10. The maximum Gasteiger partial charge on any atom is 0.409 e. The number of carbonyl (C=O) groups is 2. The lowest BCUT2D eigenvalue weighted by Gasteiger charge is -2.23. The summed E-state index contributed by atoms with van der Waals surface area (Å²) in [7, 11) is 1.88. The van der Waals surface area contributed by atoms with Crippen molar-refractivity contribution in [2.45, 2.75) is 45.1 Å². The van der Waals surface area contributed by atoms with E-state index in [-0.39, 0.29) is 18.2 Å². The lowest BCUT2D eigenvalue weighted by Crippen LogP contribution is -2.31. The zero-order chi connectivity index (χ0) is 23.0. The Bertz CT molecular complexity index is 863. The topological polar surface area (TPSA) is 65.1 Å². The van der Waals surface area contributed by atoms with Gasteiger partial charge in [0.05, 0.1) is 19.3 Å². The van der Waals surface area contributed by atoms with Gasteiger partial charge in [-0.3, -0.25) is 0 Å². The fourth-order valence-corrected chi connectivity index (χ4v) is 4.41. The number of thiophene rings is 1. The average molecular weight is 464 g/mol. The van der Waals surface area contributed by atoms with Gasteiger partial charge in [0.15, 0.2) is 0 Å². The van der Waals surface area contributed by atoms with Crippen molar-refractivity contribution in [1.82, 2.24) is 4.90 Å². The van der Waals surface area contributed by atoms with Gasteiger partial charge in [0.1, 0.15) is 11.9 Å². The smallest absolute Gasteiger partial charge is 0.409 e. The second-order valence-corrected chi connectivity index (χ2v) is 15.3. The molecule has 31 heavy (non-hydrogen) atoms. The highest BCUT2D eigenvalue weighted by Gasteiger charge is 2.20. The van der Waals surface area contributed by atoms with E-state index in [4.69, 9.17) is 14.2 Å². The largest absolute Gasteiger partial charge is 0.485 e. The molecular weight excluding hydrogens is 430 g/mol. The molecule has 0 saturated heterocycles. The highest BCUT2D eigenvalue weighted by Crippen LogP contribution is 2.29. The van der Waals surface area contributed by atoms with Gasteiger partial charge in [-0.1, -0.05) is 25.7 Å². The molecule has 170 valence electrons. The fourth-order valence-electron chi connectivity index (χ4n) is 2.90. The molecule has 0 bridgehead atoms. The van der Waals surface area contributed by atoms with Crippen LogP contribution in [0.1, 0.15) is 33.3 Å². The Kier molecular flexibility index (Phi) is 9.12. The Balaban J connectivity index is 2.00. The number of aryl methyl sites for hydroxylation is 1. The number of carbonyl (C=O) groups excluding carboxylic acids is 2. The maximum absolute atomic E-state index is 12.3. The number of hydrogen-bond donors (Lipinski definition) is 0. The van der Waals surface area contributed by atoms with Gasteiger partial charge in [0.2, 0.25) is 0 Å². The van der Waals surface area contributed by atoms with Gasteiger partial charge in [-0.2, -0.15) is 0 Å². The molecule has 6 nitrogen and oxygen atoms in total. The van der Waals surface area contributed by atoms with Crippen molar-refractivity contribution < 1.29 is 23.8 Å². The van der Waals surface area contributed by atoms with Crippen LogP contribution in [0.25, 0.3) is 0 Å². The number of hydrogen-bond acceptors (Lipinski definition) is 6. The first kappa shape index (κ1) is 24.9. The normalized spacial score (nSPS) is 12.2. The van der Waals surface area contributed by atoms with Crippen molar-refractivity contribution in [3.05, 3.63) is 51.7 Å². The third-order valence-electron chi connectivity index (χ3n) is 4.86. The predicted octanol–water partition coefficient (Wildman–Crippen LogP) is 5.76. The first-order valence-electron chi connectivity index (χ1n) is 10.4. The summed E-state index contributed by atoms with van der Waals surface area (Å²) in [4.78, 5) is 26.8. The summed E-state index contributed by atoms with van der Waals surface area (Å²) in [5.74, 6) is 0.303. The van der Waals surface area contributed by atoms with Crippen LogP contribution >= 0.6 is 11.3 Å². The number of methoxy groups -OCH3 is 1. The quantitative estimate of drug-likeness (QED) is 0.331. The molecule has 0 aliphatic heterocycles.